The van der Waals surface area contributed by atoms with Crippen LogP contribution in [0.3, 0.4) is 0 Å². The Morgan fingerprint density at radius 3 is 2.71 bits per heavy atom. The molecular weight excluding hydrogens is 360 g/mol. The first-order valence-corrected chi connectivity index (χ1v) is 9.22. The van der Waals surface area contributed by atoms with Gasteiger partial charge in [0.15, 0.2) is 0 Å². The van der Waals surface area contributed by atoms with Crippen LogP contribution in [0.5, 0.6) is 0 Å². The Bertz CT molecular complexity index is 1050. The molecule has 0 aromatic carbocycles. The second-order valence-corrected chi connectivity index (χ2v) is 7.03. The number of hydrogen-bond donors (Lipinski definition) is 4. The molecule has 3 aromatic rings. The molecule has 146 valence electrons. The molecule has 0 bridgehead atoms. The minimum absolute atomic E-state index is 0.0156. The van der Waals surface area contributed by atoms with Crippen molar-refractivity contribution in [2.45, 2.75) is 38.0 Å². The molecule has 0 spiro atoms. The number of nitrogens with zero attached hydrogens (tertiary/aromatic N) is 4. The number of anilines is 2. The fourth-order valence-electron chi connectivity index (χ4n) is 3.20. The highest BCUT2D eigenvalue weighted by molar-refractivity contribution is 5.94. The second kappa shape index (κ2) is 7.53. The summed E-state index contributed by atoms with van der Waals surface area (Å²) >= 11 is 0. The van der Waals surface area contributed by atoms with Crippen LogP contribution in [0.1, 0.15) is 19.3 Å². The van der Waals surface area contributed by atoms with Crippen molar-refractivity contribution < 1.29 is 10.2 Å². The lowest BCUT2D eigenvalue weighted by Crippen LogP contribution is -2.31. The van der Waals surface area contributed by atoms with Gasteiger partial charge in [-0.25, -0.2) is 15.0 Å². The van der Waals surface area contributed by atoms with E-state index < -0.39 is 12.7 Å². The van der Waals surface area contributed by atoms with E-state index in [1.807, 2.05) is 6.07 Å². The number of nitrogens with two attached hydrogens (primary N) is 1. The minimum atomic E-state index is -1.00. The SMILES string of the molecule is Nc1ncc(-c2cc3ccn(CC(O)CO)c(=O)c3c(NC3CCC3)n2)cn1. The number of fused-ring (bicyclic) bond motifs is 1. The van der Waals surface area contributed by atoms with Gasteiger partial charge in [-0.15, -0.1) is 0 Å². The quantitative estimate of drug-likeness (QED) is 0.490. The molecule has 5 N–H and O–H groups in total. The summed E-state index contributed by atoms with van der Waals surface area (Å²) in [7, 11) is 0. The van der Waals surface area contributed by atoms with Gasteiger partial charge in [0.2, 0.25) is 5.95 Å². The van der Waals surface area contributed by atoms with Crippen molar-refractivity contribution in [2.24, 2.45) is 0 Å². The van der Waals surface area contributed by atoms with E-state index in [2.05, 4.69) is 20.3 Å². The molecular formula is C19H22N6O3. The average Bonchev–Trinajstić information content (AvgIpc) is 2.67. The van der Waals surface area contributed by atoms with Gasteiger partial charge in [0.05, 0.1) is 30.3 Å². The number of pyridine rings is 2. The van der Waals surface area contributed by atoms with Gasteiger partial charge in [-0.1, -0.05) is 0 Å². The summed E-state index contributed by atoms with van der Waals surface area (Å²) in [6, 6.07) is 3.89. The summed E-state index contributed by atoms with van der Waals surface area (Å²) in [5, 5.41) is 23.4. The molecule has 3 aromatic heterocycles. The monoisotopic (exact) mass is 382 g/mol. The molecule has 0 aliphatic heterocycles. The lowest BCUT2D eigenvalue weighted by molar-refractivity contribution is 0.0805. The van der Waals surface area contributed by atoms with Gasteiger partial charge in [-0.05, 0) is 36.8 Å². The van der Waals surface area contributed by atoms with Crippen LogP contribution >= 0.6 is 0 Å². The molecule has 0 radical (unpaired) electrons. The Morgan fingerprint density at radius 2 is 2.07 bits per heavy atom. The molecule has 1 unspecified atom stereocenters. The normalized spacial score (nSPS) is 15.4. The number of aromatic nitrogens is 4. The smallest absolute Gasteiger partial charge is 0.262 e. The van der Waals surface area contributed by atoms with Crippen molar-refractivity contribution in [1.29, 1.82) is 0 Å². The summed E-state index contributed by atoms with van der Waals surface area (Å²) in [6.07, 6.45) is 7.02. The fourth-order valence-corrected chi connectivity index (χ4v) is 3.20. The predicted octanol–water partition coefficient (Wildman–Crippen LogP) is 0.753. The maximum Gasteiger partial charge on any atom is 0.262 e. The Kier molecular flexibility index (Phi) is 4.93. The third kappa shape index (κ3) is 3.54. The summed E-state index contributed by atoms with van der Waals surface area (Å²) < 4.78 is 1.39. The van der Waals surface area contributed by atoms with E-state index in [1.54, 1.807) is 24.7 Å². The van der Waals surface area contributed by atoms with Crippen LogP contribution in [0.15, 0.2) is 35.5 Å². The number of hydrogen-bond acceptors (Lipinski definition) is 8. The predicted molar refractivity (Wildman–Crippen MR) is 106 cm³/mol. The van der Waals surface area contributed by atoms with Gasteiger partial charge in [0.1, 0.15) is 5.82 Å². The highest BCUT2D eigenvalue weighted by Crippen LogP contribution is 2.29. The third-order valence-corrected chi connectivity index (χ3v) is 4.99. The van der Waals surface area contributed by atoms with E-state index in [-0.39, 0.29) is 24.1 Å². The third-order valence-electron chi connectivity index (χ3n) is 4.99. The van der Waals surface area contributed by atoms with E-state index in [1.165, 1.54) is 4.57 Å². The summed E-state index contributed by atoms with van der Waals surface area (Å²) in [5.74, 6) is 0.689. The number of aliphatic hydroxyl groups excluding tert-OH is 2. The van der Waals surface area contributed by atoms with Crippen LogP contribution in [-0.4, -0.2) is 48.5 Å². The molecule has 1 aliphatic carbocycles. The first kappa shape index (κ1) is 18.3. The van der Waals surface area contributed by atoms with Crippen LogP contribution in [0.4, 0.5) is 11.8 Å². The van der Waals surface area contributed by atoms with E-state index >= 15 is 0 Å². The zero-order valence-electron chi connectivity index (χ0n) is 15.2. The molecule has 1 atom stereocenters. The van der Waals surface area contributed by atoms with Crippen LogP contribution in [0.25, 0.3) is 22.0 Å². The van der Waals surface area contributed by atoms with Gasteiger partial charge in [0.25, 0.3) is 5.56 Å². The van der Waals surface area contributed by atoms with Crippen molar-refractivity contribution >= 4 is 22.5 Å². The van der Waals surface area contributed by atoms with Crippen molar-refractivity contribution in [3.8, 4) is 11.3 Å². The van der Waals surface area contributed by atoms with Gasteiger partial charge in [-0.2, -0.15) is 0 Å². The summed E-state index contributed by atoms with van der Waals surface area (Å²) in [6.45, 7) is -0.395. The lowest BCUT2D eigenvalue weighted by atomic mass is 9.93. The Labute approximate surface area is 160 Å². The van der Waals surface area contributed by atoms with Crippen molar-refractivity contribution in [1.82, 2.24) is 19.5 Å². The topological polar surface area (TPSA) is 139 Å². The van der Waals surface area contributed by atoms with Gasteiger partial charge < -0.3 is 25.8 Å². The molecule has 9 nitrogen and oxygen atoms in total. The largest absolute Gasteiger partial charge is 0.394 e. The van der Waals surface area contributed by atoms with Crippen molar-refractivity contribution in [2.75, 3.05) is 17.7 Å². The van der Waals surface area contributed by atoms with Crippen LogP contribution in [0, 0.1) is 0 Å². The Balaban J connectivity index is 1.85. The molecule has 1 aliphatic rings. The van der Waals surface area contributed by atoms with Gasteiger partial charge >= 0.3 is 0 Å². The molecule has 1 fully saturated rings. The average molecular weight is 382 g/mol. The molecule has 0 saturated heterocycles. The zero-order chi connectivity index (χ0) is 19.7. The number of aliphatic hydroxyl groups is 2. The standard InChI is InChI=1S/C19H22N6O3/c20-19-21-7-12(8-22-19)15-6-11-4-5-25(9-14(27)10-26)18(28)16(11)17(24-15)23-13-2-1-3-13/h4-8,13-14,26-27H,1-3,9-10H2,(H,23,24)(H2,20,21,22). The van der Waals surface area contributed by atoms with E-state index in [0.717, 1.165) is 24.6 Å². The van der Waals surface area contributed by atoms with Gasteiger partial charge in [-0.3, -0.25) is 4.79 Å². The van der Waals surface area contributed by atoms with Gasteiger partial charge in [0, 0.05) is 30.2 Å². The highest BCUT2D eigenvalue weighted by atomic mass is 16.3. The maximum absolute atomic E-state index is 13.0. The fraction of sp³-hybridized carbons (Fsp3) is 0.368. The molecule has 4 rings (SSSR count). The number of nitrogens with one attached hydrogen (secondary N) is 1. The first-order valence-electron chi connectivity index (χ1n) is 9.22. The summed E-state index contributed by atoms with van der Waals surface area (Å²) in [4.78, 5) is 25.7. The Morgan fingerprint density at radius 1 is 1.32 bits per heavy atom. The van der Waals surface area contributed by atoms with Crippen molar-refractivity contribution in [3.63, 3.8) is 0 Å². The van der Waals surface area contributed by atoms with Crippen LogP contribution < -0.4 is 16.6 Å². The second-order valence-electron chi connectivity index (χ2n) is 7.03. The minimum Gasteiger partial charge on any atom is -0.394 e. The first-order chi connectivity index (χ1) is 13.5. The number of rotatable bonds is 6. The Hall–Kier alpha value is -3.04. The maximum atomic E-state index is 13.0. The molecule has 9 heteroatoms. The summed E-state index contributed by atoms with van der Waals surface area (Å²) in [5.41, 5.74) is 6.64. The zero-order valence-corrected chi connectivity index (χ0v) is 15.2. The van der Waals surface area contributed by atoms with Crippen LogP contribution in [-0.2, 0) is 6.54 Å². The lowest BCUT2D eigenvalue weighted by Gasteiger charge is -2.27. The molecule has 3 heterocycles. The molecule has 0 amide bonds. The van der Waals surface area contributed by atoms with Crippen LogP contribution in [0.2, 0.25) is 0 Å². The number of nitrogen functional groups attached to an aromatic ring is 1. The van der Waals surface area contributed by atoms with E-state index in [9.17, 15) is 9.90 Å². The van der Waals surface area contributed by atoms with E-state index in [4.69, 9.17) is 10.8 Å². The van der Waals surface area contributed by atoms with E-state index in [0.29, 0.717) is 22.5 Å². The molecule has 1 saturated carbocycles. The highest BCUT2D eigenvalue weighted by Gasteiger charge is 2.21. The molecule has 28 heavy (non-hydrogen) atoms. The van der Waals surface area contributed by atoms with Crippen molar-refractivity contribution in [3.05, 3.63) is 41.1 Å².